The van der Waals surface area contributed by atoms with Crippen molar-refractivity contribution in [1.29, 1.82) is 0 Å². The zero-order valence-electron chi connectivity index (χ0n) is 28.2. The Morgan fingerprint density at radius 3 is 1.15 bits per heavy atom. The first-order valence-electron chi connectivity index (χ1n) is 17.6. The van der Waals surface area contributed by atoms with Crippen molar-refractivity contribution in [3.63, 3.8) is 0 Å². The first kappa shape index (κ1) is 29.9. The first-order valence-corrected chi connectivity index (χ1v) is 17.6. The van der Waals surface area contributed by atoms with Crippen molar-refractivity contribution in [1.82, 2.24) is 15.0 Å². The summed E-state index contributed by atoms with van der Waals surface area (Å²) in [5.41, 5.74) is 7.56. The van der Waals surface area contributed by atoms with Gasteiger partial charge in [0, 0.05) is 16.7 Å². The number of hydrogen-bond acceptors (Lipinski definition) is 3. The second-order valence-corrected chi connectivity index (χ2v) is 13.2. The lowest BCUT2D eigenvalue weighted by atomic mass is 9.92. The average Bonchev–Trinajstić information content (AvgIpc) is 3.24. The van der Waals surface area contributed by atoms with Crippen molar-refractivity contribution in [2.24, 2.45) is 0 Å². The van der Waals surface area contributed by atoms with E-state index in [-0.39, 0.29) is 0 Å². The molecule has 0 N–H and O–H groups in total. The summed E-state index contributed by atoms with van der Waals surface area (Å²) in [6.45, 7) is 0. The number of benzene rings is 9. The van der Waals surface area contributed by atoms with Crippen LogP contribution in [0.3, 0.4) is 0 Å². The summed E-state index contributed by atoms with van der Waals surface area (Å²) in [4.78, 5) is 15.0. The summed E-state index contributed by atoms with van der Waals surface area (Å²) in [5, 5.41) is 9.96. The molecule has 0 aliphatic carbocycles. The van der Waals surface area contributed by atoms with Gasteiger partial charge in [-0.3, -0.25) is 0 Å². The number of hydrogen-bond donors (Lipinski definition) is 0. The Labute approximate surface area is 301 Å². The third-order valence-electron chi connectivity index (χ3n) is 10.1. The zero-order valence-corrected chi connectivity index (χ0v) is 28.2. The molecule has 0 bridgehead atoms. The molecule has 0 fully saturated rings. The van der Waals surface area contributed by atoms with E-state index in [1.54, 1.807) is 0 Å². The van der Waals surface area contributed by atoms with Gasteiger partial charge in [-0.05, 0) is 83.5 Å². The molecule has 1 aromatic heterocycles. The molecule has 0 amide bonds. The summed E-state index contributed by atoms with van der Waals surface area (Å²) in [6.07, 6.45) is 0. The lowest BCUT2D eigenvalue weighted by Gasteiger charge is -2.12. The highest BCUT2D eigenvalue weighted by atomic mass is 15.0. The fraction of sp³-hybridized carbons (Fsp3) is 0. The highest BCUT2D eigenvalue weighted by Gasteiger charge is 2.14. The Bertz CT molecular complexity index is 2900. The molecule has 10 rings (SSSR count). The Kier molecular flexibility index (Phi) is 7.14. The minimum atomic E-state index is 0.644. The molecule has 1 heterocycles. The van der Waals surface area contributed by atoms with Crippen molar-refractivity contribution in [3.8, 4) is 56.4 Å². The second kappa shape index (κ2) is 12.4. The van der Waals surface area contributed by atoms with Gasteiger partial charge in [-0.1, -0.05) is 170 Å². The highest BCUT2D eigenvalue weighted by molar-refractivity contribution is 6.25. The largest absolute Gasteiger partial charge is 0.208 e. The molecule has 0 saturated heterocycles. The lowest BCUT2D eigenvalue weighted by Crippen LogP contribution is -2.00. The van der Waals surface area contributed by atoms with Crippen LogP contribution in [0.15, 0.2) is 188 Å². The summed E-state index contributed by atoms with van der Waals surface area (Å²) in [7, 11) is 0. The van der Waals surface area contributed by atoms with Crippen molar-refractivity contribution >= 4 is 43.1 Å². The molecule has 3 nitrogen and oxygen atoms in total. The maximum atomic E-state index is 5.06. The van der Waals surface area contributed by atoms with Gasteiger partial charge < -0.3 is 0 Å². The molecule has 52 heavy (non-hydrogen) atoms. The standard InChI is InChI=1S/C49H31N3/c1-3-11-32(12-4-1)36-23-24-38-30-40(26-25-37(38)29-36)49-51-47(34-13-5-2-6-14-34)50-48(52-49)35-21-19-33(20-22-35)39-27-28-45-43-17-8-7-15-41(43)42-16-9-10-18-44(42)46(45)31-39/h1-31H. The molecule has 242 valence electrons. The summed E-state index contributed by atoms with van der Waals surface area (Å²) in [5.74, 6) is 1.94. The van der Waals surface area contributed by atoms with Gasteiger partial charge >= 0.3 is 0 Å². The number of nitrogens with zero attached hydrogens (tertiary/aromatic N) is 3. The molecule has 0 saturated carbocycles. The molecule has 0 aliphatic rings. The third-order valence-corrected chi connectivity index (χ3v) is 10.1. The molecule has 0 aliphatic heterocycles. The predicted octanol–water partition coefficient (Wildman–Crippen LogP) is 12.8. The quantitative estimate of drug-likeness (QED) is 0.172. The maximum absolute atomic E-state index is 5.06. The summed E-state index contributed by atoms with van der Waals surface area (Å²) < 4.78 is 0. The van der Waals surface area contributed by atoms with Crippen LogP contribution in [-0.4, -0.2) is 15.0 Å². The first-order chi connectivity index (χ1) is 25.7. The van der Waals surface area contributed by atoms with Crippen molar-refractivity contribution in [2.45, 2.75) is 0 Å². The molecule has 0 spiro atoms. The molecule has 9 aromatic carbocycles. The monoisotopic (exact) mass is 661 g/mol. The van der Waals surface area contributed by atoms with E-state index in [0.717, 1.165) is 27.6 Å². The molecular formula is C49H31N3. The Balaban J connectivity index is 1.05. The van der Waals surface area contributed by atoms with Crippen LogP contribution in [0.1, 0.15) is 0 Å². The minimum Gasteiger partial charge on any atom is -0.208 e. The fourth-order valence-electron chi connectivity index (χ4n) is 7.44. The van der Waals surface area contributed by atoms with Crippen LogP contribution in [0.5, 0.6) is 0 Å². The van der Waals surface area contributed by atoms with E-state index in [0.29, 0.717) is 17.5 Å². The van der Waals surface area contributed by atoms with Gasteiger partial charge in [-0.2, -0.15) is 0 Å². The van der Waals surface area contributed by atoms with Gasteiger partial charge in [0.05, 0.1) is 0 Å². The van der Waals surface area contributed by atoms with E-state index in [9.17, 15) is 0 Å². The molecule has 10 aromatic rings. The van der Waals surface area contributed by atoms with Crippen molar-refractivity contribution in [3.05, 3.63) is 188 Å². The smallest absolute Gasteiger partial charge is 0.164 e. The van der Waals surface area contributed by atoms with Crippen LogP contribution in [-0.2, 0) is 0 Å². The molecule has 0 unspecified atom stereocenters. The van der Waals surface area contributed by atoms with Crippen LogP contribution in [0.4, 0.5) is 0 Å². The van der Waals surface area contributed by atoms with E-state index in [1.807, 2.05) is 36.4 Å². The Morgan fingerprint density at radius 1 is 0.212 bits per heavy atom. The van der Waals surface area contributed by atoms with Crippen LogP contribution in [0.25, 0.3) is 99.5 Å². The van der Waals surface area contributed by atoms with Crippen LogP contribution in [0, 0.1) is 0 Å². The SMILES string of the molecule is c1ccc(-c2ccc3cc(-c4nc(-c5ccccc5)nc(-c5ccc(-c6ccc7c8ccccc8c8ccccc8c7c6)cc5)n4)ccc3c2)cc1. The number of rotatable bonds is 5. The second-order valence-electron chi connectivity index (χ2n) is 13.2. The zero-order chi connectivity index (χ0) is 34.4. The molecule has 3 heteroatoms. The lowest BCUT2D eigenvalue weighted by molar-refractivity contribution is 1.07. The van der Waals surface area contributed by atoms with Gasteiger partial charge in [0.25, 0.3) is 0 Å². The normalized spacial score (nSPS) is 11.5. The van der Waals surface area contributed by atoms with E-state index < -0.39 is 0 Å². The molecule has 0 radical (unpaired) electrons. The third kappa shape index (κ3) is 5.28. The van der Waals surface area contributed by atoms with Crippen molar-refractivity contribution in [2.75, 3.05) is 0 Å². The topological polar surface area (TPSA) is 38.7 Å². The van der Waals surface area contributed by atoms with E-state index in [2.05, 4.69) is 152 Å². The van der Waals surface area contributed by atoms with Gasteiger partial charge in [0.1, 0.15) is 0 Å². The number of fused-ring (bicyclic) bond motifs is 7. The molecule has 0 atom stereocenters. The van der Waals surface area contributed by atoms with Gasteiger partial charge in [-0.15, -0.1) is 0 Å². The van der Waals surface area contributed by atoms with E-state index in [4.69, 9.17) is 15.0 Å². The summed E-state index contributed by atoms with van der Waals surface area (Å²) >= 11 is 0. The van der Waals surface area contributed by atoms with Gasteiger partial charge in [0.2, 0.25) is 0 Å². The van der Waals surface area contributed by atoms with Crippen LogP contribution in [0.2, 0.25) is 0 Å². The summed E-state index contributed by atoms with van der Waals surface area (Å²) in [6, 6.07) is 66.5. The Hall–Kier alpha value is -6.97. The average molecular weight is 662 g/mol. The minimum absolute atomic E-state index is 0.644. The van der Waals surface area contributed by atoms with E-state index >= 15 is 0 Å². The molecular weight excluding hydrogens is 631 g/mol. The van der Waals surface area contributed by atoms with Crippen LogP contribution < -0.4 is 0 Å². The highest BCUT2D eigenvalue weighted by Crippen LogP contribution is 2.37. The Morgan fingerprint density at radius 2 is 0.558 bits per heavy atom. The number of aromatic nitrogens is 3. The van der Waals surface area contributed by atoms with Gasteiger partial charge in [0.15, 0.2) is 17.5 Å². The van der Waals surface area contributed by atoms with Crippen molar-refractivity contribution < 1.29 is 0 Å². The van der Waals surface area contributed by atoms with E-state index in [1.165, 1.54) is 54.4 Å². The fourth-order valence-corrected chi connectivity index (χ4v) is 7.44. The maximum Gasteiger partial charge on any atom is 0.164 e. The van der Waals surface area contributed by atoms with Crippen LogP contribution >= 0.6 is 0 Å². The predicted molar refractivity (Wildman–Crippen MR) is 217 cm³/mol. The van der Waals surface area contributed by atoms with Gasteiger partial charge in [-0.25, -0.2) is 15.0 Å².